The van der Waals surface area contributed by atoms with Gasteiger partial charge in [0, 0.05) is 38.2 Å². The number of aromatic nitrogens is 2. The van der Waals surface area contributed by atoms with Gasteiger partial charge in [0.2, 0.25) is 11.9 Å². The van der Waals surface area contributed by atoms with Gasteiger partial charge in [0.15, 0.2) is 0 Å². The molecule has 0 N–H and O–H groups in total. The third-order valence-corrected chi connectivity index (χ3v) is 4.87. The molecule has 1 atom stereocenters. The number of benzene rings is 1. The number of rotatable bonds is 3. The van der Waals surface area contributed by atoms with Crippen molar-refractivity contribution in [3.8, 4) is 0 Å². The number of carbonyl (C=O) groups is 1. The Morgan fingerprint density at radius 2 is 1.96 bits per heavy atom. The molecule has 3 rings (SSSR count). The Morgan fingerprint density at radius 1 is 1.21 bits per heavy atom. The van der Waals surface area contributed by atoms with Crippen molar-refractivity contribution in [2.45, 2.75) is 26.7 Å². The van der Waals surface area contributed by atoms with Crippen LogP contribution in [0.1, 0.15) is 24.0 Å². The highest BCUT2D eigenvalue weighted by atomic mass is 16.2. The Balaban J connectivity index is 1.76. The third kappa shape index (κ3) is 3.25. The van der Waals surface area contributed by atoms with E-state index in [0.717, 1.165) is 30.6 Å². The standard InChI is InChI=1S/C19H24N4O/c1-14-7-4-9-17(15(14)2)22(3)18(24)16-8-5-12-23(13-16)19-20-10-6-11-21-19/h4,6-7,9-11,16H,5,8,12-13H2,1-3H3. The molecular formula is C19H24N4O. The second kappa shape index (κ2) is 6.99. The summed E-state index contributed by atoms with van der Waals surface area (Å²) in [7, 11) is 1.88. The number of piperidine rings is 1. The lowest BCUT2D eigenvalue weighted by atomic mass is 9.96. The number of carbonyl (C=O) groups excluding carboxylic acids is 1. The van der Waals surface area contributed by atoms with Crippen LogP contribution in [0.15, 0.2) is 36.7 Å². The van der Waals surface area contributed by atoms with Gasteiger partial charge in [-0.15, -0.1) is 0 Å². The van der Waals surface area contributed by atoms with Gasteiger partial charge in [0.05, 0.1) is 5.92 Å². The summed E-state index contributed by atoms with van der Waals surface area (Å²) in [6, 6.07) is 7.91. The molecule has 1 aliphatic rings. The Kier molecular flexibility index (Phi) is 4.79. The van der Waals surface area contributed by atoms with Crippen LogP contribution in [0.25, 0.3) is 0 Å². The van der Waals surface area contributed by atoms with Crippen LogP contribution in [0.3, 0.4) is 0 Å². The summed E-state index contributed by atoms with van der Waals surface area (Å²) in [5.41, 5.74) is 3.36. The van der Waals surface area contributed by atoms with Crippen LogP contribution in [0, 0.1) is 19.8 Å². The van der Waals surface area contributed by atoms with Crippen LogP contribution >= 0.6 is 0 Å². The first-order valence-corrected chi connectivity index (χ1v) is 8.43. The molecule has 1 amide bonds. The minimum absolute atomic E-state index is 0.0209. The van der Waals surface area contributed by atoms with Gasteiger partial charge in [-0.05, 0) is 49.9 Å². The average molecular weight is 324 g/mol. The molecule has 5 nitrogen and oxygen atoms in total. The van der Waals surface area contributed by atoms with Crippen molar-refractivity contribution in [2.24, 2.45) is 5.92 Å². The van der Waals surface area contributed by atoms with Crippen LogP contribution in [0.4, 0.5) is 11.6 Å². The smallest absolute Gasteiger partial charge is 0.231 e. The fraction of sp³-hybridized carbons (Fsp3) is 0.421. The summed E-state index contributed by atoms with van der Waals surface area (Å²) < 4.78 is 0. The van der Waals surface area contributed by atoms with Gasteiger partial charge in [0.25, 0.3) is 0 Å². The molecule has 126 valence electrons. The first-order valence-electron chi connectivity index (χ1n) is 8.43. The zero-order valence-electron chi connectivity index (χ0n) is 14.6. The van der Waals surface area contributed by atoms with Crippen molar-refractivity contribution in [1.82, 2.24) is 9.97 Å². The Bertz CT molecular complexity index is 717. The minimum Gasteiger partial charge on any atom is -0.340 e. The van der Waals surface area contributed by atoms with Crippen LogP contribution in [-0.2, 0) is 4.79 Å². The molecule has 0 saturated carbocycles. The molecule has 0 radical (unpaired) electrons. The summed E-state index contributed by atoms with van der Waals surface area (Å²) in [6.07, 6.45) is 5.39. The monoisotopic (exact) mass is 324 g/mol. The van der Waals surface area contributed by atoms with Gasteiger partial charge >= 0.3 is 0 Å². The molecule has 0 spiro atoms. The van der Waals surface area contributed by atoms with Gasteiger partial charge in [-0.1, -0.05) is 12.1 Å². The summed E-state index contributed by atoms with van der Waals surface area (Å²) in [5, 5.41) is 0. The average Bonchev–Trinajstić information content (AvgIpc) is 2.63. The zero-order valence-corrected chi connectivity index (χ0v) is 14.6. The predicted molar refractivity (Wildman–Crippen MR) is 96.3 cm³/mol. The number of amides is 1. The highest BCUT2D eigenvalue weighted by molar-refractivity contribution is 5.95. The molecule has 1 aromatic carbocycles. The van der Waals surface area contributed by atoms with E-state index in [1.54, 1.807) is 12.4 Å². The SMILES string of the molecule is Cc1cccc(N(C)C(=O)C2CCCN(c3ncccn3)C2)c1C. The van der Waals surface area contributed by atoms with Gasteiger partial charge in [-0.25, -0.2) is 9.97 Å². The minimum atomic E-state index is -0.0209. The van der Waals surface area contributed by atoms with E-state index in [0.29, 0.717) is 12.5 Å². The van der Waals surface area contributed by atoms with Crippen molar-refractivity contribution in [1.29, 1.82) is 0 Å². The largest absolute Gasteiger partial charge is 0.340 e. The van der Waals surface area contributed by atoms with Gasteiger partial charge in [-0.2, -0.15) is 0 Å². The summed E-state index contributed by atoms with van der Waals surface area (Å²) in [6.45, 7) is 5.73. The van der Waals surface area contributed by atoms with E-state index < -0.39 is 0 Å². The molecule has 24 heavy (non-hydrogen) atoms. The number of nitrogens with zero attached hydrogens (tertiary/aromatic N) is 4. The van der Waals surface area contributed by atoms with Crippen LogP contribution in [0.2, 0.25) is 0 Å². The van der Waals surface area contributed by atoms with E-state index in [1.165, 1.54) is 5.56 Å². The maximum Gasteiger partial charge on any atom is 0.231 e. The highest BCUT2D eigenvalue weighted by Gasteiger charge is 2.30. The maximum atomic E-state index is 13.0. The Hall–Kier alpha value is -2.43. The Morgan fingerprint density at radius 3 is 2.71 bits per heavy atom. The first kappa shape index (κ1) is 16.4. The zero-order chi connectivity index (χ0) is 17.1. The molecule has 1 aliphatic heterocycles. The van der Waals surface area contributed by atoms with Crippen LogP contribution in [0.5, 0.6) is 0 Å². The van der Waals surface area contributed by atoms with Crippen molar-refractivity contribution in [3.05, 3.63) is 47.8 Å². The lowest BCUT2D eigenvalue weighted by Gasteiger charge is -2.34. The van der Waals surface area contributed by atoms with E-state index in [9.17, 15) is 4.79 Å². The van der Waals surface area contributed by atoms with Crippen molar-refractivity contribution in [2.75, 3.05) is 29.9 Å². The molecule has 0 aliphatic carbocycles. The summed E-state index contributed by atoms with van der Waals surface area (Å²) in [5.74, 6) is 0.862. The van der Waals surface area contributed by atoms with Crippen LogP contribution < -0.4 is 9.80 Å². The lowest BCUT2D eigenvalue weighted by molar-refractivity contribution is -0.122. The normalized spacial score (nSPS) is 17.6. The van der Waals surface area contributed by atoms with E-state index in [2.05, 4.69) is 34.8 Å². The molecule has 0 bridgehead atoms. The molecule has 1 saturated heterocycles. The highest BCUT2D eigenvalue weighted by Crippen LogP contribution is 2.26. The molecule has 1 aromatic heterocycles. The van der Waals surface area contributed by atoms with E-state index in [-0.39, 0.29) is 11.8 Å². The second-order valence-electron chi connectivity index (χ2n) is 6.45. The van der Waals surface area contributed by atoms with Crippen molar-refractivity contribution >= 4 is 17.5 Å². The van der Waals surface area contributed by atoms with E-state index >= 15 is 0 Å². The third-order valence-electron chi connectivity index (χ3n) is 4.87. The quantitative estimate of drug-likeness (QED) is 0.871. The van der Waals surface area contributed by atoms with Crippen molar-refractivity contribution < 1.29 is 4.79 Å². The predicted octanol–water partition coefficient (Wildman–Crippen LogP) is 2.97. The molecular weight excluding hydrogens is 300 g/mol. The van der Waals surface area contributed by atoms with E-state index in [1.807, 2.05) is 30.1 Å². The first-order chi connectivity index (χ1) is 11.6. The van der Waals surface area contributed by atoms with Crippen LogP contribution in [-0.4, -0.2) is 36.0 Å². The molecule has 1 unspecified atom stereocenters. The summed E-state index contributed by atoms with van der Waals surface area (Å²) in [4.78, 5) is 25.5. The van der Waals surface area contributed by atoms with E-state index in [4.69, 9.17) is 0 Å². The lowest BCUT2D eigenvalue weighted by Crippen LogP contribution is -2.44. The molecule has 2 heterocycles. The number of anilines is 2. The van der Waals surface area contributed by atoms with Crippen molar-refractivity contribution in [3.63, 3.8) is 0 Å². The molecule has 5 heteroatoms. The van der Waals surface area contributed by atoms with Gasteiger partial charge in [-0.3, -0.25) is 4.79 Å². The van der Waals surface area contributed by atoms with Gasteiger partial charge in [0.1, 0.15) is 0 Å². The maximum absolute atomic E-state index is 13.0. The Labute approximate surface area is 143 Å². The summed E-state index contributed by atoms with van der Waals surface area (Å²) >= 11 is 0. The number of hydrogen-bond donors (Lipinski definition) is 0. The van der Waals surface area contributed by atoms with Gasteiger partial charge < -0.3 is 9.80 Å². The molecule has 1 fully saturated rings. The second-order valence-corrected chi connectivity index (χ2v) is 6.45. The fourth-order valence-electron chi connectivity index (χ4n) is 3.31. The number of hydrogen-bond acceptors (Lipinski definition) is 4. The fourth-order valence-corrected chi connectivity index (χ4v) is 3.31. The number of aryl methyl sites for hydroxylation is 1. The molecule has 2 aromatic rings. The topological polar surface area (TPSA) is 49.3 Å².